The number of thioether (sulfide) groups is 1. The number of amides is 1. The summed E-state index contributed by atoms with van der Waals surface area (Å²) in [5.41, 5.74) is 2.94. The molecule has 0 saturated heterocycles. The fourth-order valence-corrected chi connectivity index (χ4v) is 4.16. The fraction of sp³-hybridized carbons (Fsp3) is 0.211. The molecule has 122 valence electrons. The maximum atomic E-state index is 12.7. The van der Waals surface area contributed by atoms with E-state index < -0.39 is 0 Å². The number of nitrogens with zero attached hydrogens (tertiary/aromatic N) is 1. The monoisotopic (exact) mass is 338 g/mol. The molecule has 0 aliphatic carbocycles. The summed E-state index contributed by atoms with van der Waals surface area (Å²) in [4.78, 5) is 13.9. The maximum absolute atomic E-state index is 12.7. The highest BCUT2D eigenvalue weighted by molar-refractivity contribution is 7.99. The summed E-state index contributed by atoms with van der Waals surface area (Å²) >= 11 is 1.85. The summed E-state index contributed by atoms with van der Waals surface area (Å²) < 4.78 is 7.37. The first-order valence-electron chi connectivity index (χ1n) is 7.92. The third-order valence-electron chi connectivity index (χ3n) is 4.28. The summed E-state index contributed by atoms with van der Waals surface area (Å²) in [6.07, 6.45) is 0. The van der Waals surface area contributed by atoms with Crippen molar-refractivity contribution in [1.82, 2.24) is 9.88 Å². The van der Waals surface area contributed by atoms with E-state index in [0.29, 0.717) is 6.54 Å². The highest BCUT2D eigenvalue weighted by atomic mass is 32.2. The molecule has 0 fully saturated rings. The lowest BCUT2D eigenvalue weighted by atomic mass is 10.2. The van der Waals surface area contributed by atoms with Crippen molar-refractivity contribution in [2.24, 2.45) is 0 Å². The predicted octanol–water partition coefficient (Wildman–Crippen LogP) is 3.69. The van der Waals surface area contributed by atoms with Crippen molar-refractivity contribution in [2.45, 2.75) is 18.0 Å². The molecule has 4 rings (SSSR count). The molecule has 0 atom stereocenters. The number of carbonyl (C=O) groups is 1. The molecule has 0 saturated carbocycles. The molecule has 2 heterocycles. The zero-order chi connectivity index (χ0) is 16.5. The molecule has 0 unspecified atom stereocenters. The molecule has 3 aromatic rings. The zero-order valence-corrected chi connectivity index (χ0v) is 14.2. The number of methoxy groups -OCH3 is 1. The SMILES string of the molecule is COc1cccc(CNC(=O)c2cc3cccc4c3n2CCS4)c1. The number of benzene rings is 2. The van der Waals surface area contributed by atoms with Crippen molar-refractivity contribution >= 4 is 28.6 Å². The van der Waals surface area contributed by atoms with E-state index in [4.69, 9.17) is 4.74 Å². The lowest BCUT2D eigenvalue weighted by molar-refractivity contribution is 0.0942. The Morgan fingerprint density at radius 1 is 1.25 bits per heavy atom. The van der Waals surface area contributed by atoms with E-state index in [1.54, 1.807) is 7.11 Å². The number of para-hydroxylation sites is 1. The standard InChI is InChI=1S/C19H18N2O2S/c1-23-15-6-2-4-13(10-15)12-20-19(22)16-11-14-5-3-7-17-18(14)21(16)8-9-24-17/h2-7,10-11H,8-9,12H2,1H3,(H,20,22). The van der Waals surface area contributed by atoms with Crippen molar-refractivity contribution in [2.75, 3.05) is 12.9 Å². The molecular formula is C19H18N2O2S. The topological polar surface area (TPSA) is 43.3 Å². The van der Waals surface area contributed by atoms with Crippen LogP contribution < -0.4 is 10.1 Å². The Balaban J connectivity index is 1.59. The van der Waals surface area contributed by atoms with E-state index in [-0.39, 0.29) is 5.91 Å². The van der Waals surface area contributed by atoms with Gasteiger partial charge in [-0.05, 0) is 29.8 Å². The van der Waals surface area contributed by atoms with Gasteiger partial charge in [-0.3, -0.25) is 4.79 Å². The molecule has 0 spiro atoms. The highest BCUT2D eigenvalue weighted by Crippen LogP contribution is 2.34. The van der Waals surface area contributed by atoms with Gasteiger partial charge in [0.05, 0.1) is 12.6 Å². The van der Waals surface area contributed by atoms with Crippen LogP contribution in [0.3, 0.4) is 0 Å². The number of rotatable bonds is 4. The van der Waals surface area contributed by atoms with Gasteiger partial charge in [0.25, 0.3) is 5.91 Å². The van der Waals surface area contributed by atoms with Crippen molar-refractivity contribution in [3.8, 4) is 5.75 Å². The molecule has 1 aliphatic rings. The Bertz CT molecular complexity index is 917. The van der Waals surface area contributed by atoms with Crippen LogP contribution >= 0.6 is 11.8 Å². The number of aromatic nitrogens is 1. The number of hydrogen-bond donors (Lipinski definition) is 1. The summed E-state index contributed by atoms with van der Waals surface area (Å²) in [6.45, 7) is 1.35. The van der Waals surface area contributed by atoms with Crippen LogP contribution in [0.1, 0.15) is 16.1 Å². The molecule has 4 nitrogen and oxygen atoms in total. The quantitative estimate of drug-likeness (QED) is 0.789. The fourth-order valence-electron chi connectivity index (χ4n) is 3.13. The summed E-state index contributed by atoms with van der Waals surface area (Å²) in [7, 11) is 1.64. The lowest BCUT2D eigenvalue weighted by Gasteiger charge is -2.17. The van der Waals surface area contributed by atoms with Gasteiger partial charge in [-0.25, -0.2) is 0 Å². The van der Waals surface area contributed by atoms with E-state index >= 15 is 0 Å². The van der Waals surface area contributed by atoms with Gasteiger partial charge in [-0.2, -0.15) is 0 Å². The van der Waals surface area contributed by atoms with Gasteiger partial charge in [0.2, 0.25) is 0 Å². The van der Waals surface area contributed by atoms with Crippen LogP contribution in [-0.2, 0) is 13.1 Å². The van der Waals surface area contributed by atoms with E-state index in [2.05, 4.69) is 28.1 Å². The van der Waals surface area contributed by atoms with Crippen LogP contribution in [0.25, 0.3) is 10.9 Å². The molecule has 0 radical (unpaired) electrons. The minimum atomic E-state index is -0.0353. The number of nitrogens with one attached hydrogen (secondary N) is 1. The van der Waals surface area contributed by atoms with Crippen molar-refractivity contribution in [1.29, 1.82) is 0 Å². The summed E-state index contributed by atoms with van der Waals surface area (Å²) in [6, 6.07) is 16.0. The van der Waals surface area contributed by atoms with Crippen LogP contribution in [-0.4, -0.2) is 23.3 Å². The lowest BCUT2D eigenvalue weighted by Crippen LogP contribution is -2.26. The largest absolute Gasteiger partial charge is 0.497 e. The van der Waals surface area contributed by atoms with Crippen LogP contribution in [0.4, 0.5) is 0 Å². The Kier molecular flexibility index (Phi) is 3.94. The van der Waals surface area contributed by atoms with Crippen molar-refractivity contribution in [3.05, 3.63) is 59.8 Å². The molecule has 1 aromatic heterocycles. The Morgan fingerprint density at radius 3 is 3.00 bits per heavy atom. The Labute approximate surface area is 144 Å². The number of ether oxygens (including phenoxy) is 1. The second kappa shape index (κ2) is 6.24. The number of carbonyl (C=O) groups excluding carboxylic acids is 1. The average Bonchev–Trinajstić information content (AvgIpc) is 3.01. The van der Waals surface area contributed by atoms with Gasteiger partial charge in [-0.15, -0.1) is 11.8 Å². The maximum Gasteiger partial charge on any atom is 0.268 e. The van der Waals surface area contributed by atoms with Crippen LogP contribution in [0.5, 0.6) is 5.75 Å². The van der Waals surface area contributed by atoms with Gasteiger partial charge in [0.15, 0.2) is 0 Å². The van der Waals surface area contributed by atoms with Crippen molar-refractivity contribution < 1.29 is 9.53 Å². The first-order valence-corrected chi connectivity index (χ1v) is 8.91. The molecule has 1 N–H and O–H groups in total. The van der Waals surface area contributed by atoms with Crippen LogP contribution in [0.15, 0.2) is 53.4 Å². The van der Waals surface area contributed by atoms with Gasteiger partial charge < -0.3 is 14.6 Å². The summed E-state index contributed by atoms with van der Waals surface area (Å²) in [5, 5.41) is 4.15. The van der Waals surface area contributed by atoms with E-state index in [1.807, 2.05) is 42.1 Å². The smallest absolute Gasteiger partial charge is 0.268 e. The molecule has 24 heavy (non-hydrogen) atoms. The zero-order valence-electron chi connectivity index (χ0n) is 13.4. The minimum Gasteiger partial charge on any atom is -0.497 e. The first-order chi connectivity index (χ1) is 11.8. The second-order valence-electron chi connectivity index (χ2n) is 5.76. The molecule has 1 aliphatic heterocycles. The van der Waals surface area contributed by atoms with Crippen LogP contribution in [0.2, 0.25) is 0 Å². The summed E-state index contributed by atoms with van der Waals surface area (Å²) in [5.74, 6) is 1.76. The highest BCUT2D eigenvalue weighted by Gasteiger charge is 2.20. The third-order valence-corrected chi connectivity index (χ3v) is 5.30. The second-order valence-corrected chi connectivity index (χ2v) is 6.89. The van der Waals surface area contributed by atoms with E-state index in [0.717, 1.165) is 34.7 Å². The van der Waals surface area contributed by atoms with Gasteiger partial charge in [0.1, 0.15) is 11.4 Å². The van der Waals surface area contributed by atoms with E-state index in [1.165, 1.54) is 10.4 Å². The number of hydrogen-bond acceptors (Lipinski definition) is 3. The van der Waals surface area contributed by atoms with Crippen molar-refractivity contribution in [3.63, 3.8) is 0 Å². The van der Waals surface area contributed by atoms with Gasteiger partial charge in [0, 0.05) is 29.1 Å². The van der Waals surface area contributed by atoms with Gasteiger partial charge in [-0.1, -0.05) is 24.3 Å². The molecule has 5 heteroatoms. The third kappa shape index (κ3) is 2.65. The Morgan fingerprint density at radius 2 is 2.12 bits per heavy atom. The van der Waals surface area contributed by atoms with Crippen LogP contribution in [0, 0.1) is 0 Å². The first kappa shape index (κ1) is 15.1. The molecule has 2 aromatic carbocycles. The van der Waals surface area contributed by atoms with Gasteiger partial charge >= 0.3 is 0 Å². The van der Waals surface area contributed by atoms with E-state index in [9.17, 15) is 4.79 Å². The Hall–Kier alpha value is -2.40. The normalized spacial score (nSPS) is 13.0. The minimum absolute atomic E-state index is 0.0353. The number of aryl methyl sites for hydroxylation is 1. The molecular weight excluding hydrogens is 320 g/mol. The predicted molar refractivity (Wildman–Crippen MR) is 96.8 cm³/mol. The average molecular weight is 338 g/mol. The molecule has 1 amide bonds. The molecule has 0 bridgehead atoms.